The van der Waals surface area contributed by atoms with Gasteiger partial charge in [0, 0.05) is 32.6 Å². The Morgan fingerprint density at radius 3 is 2.33 bits per heavy atom. The summed E-state index contributed by atoms with van der Waals surface area (Å²) in [6.45, 7) is 0.104. The number of amides is 1. The number of hydrogen-bond donors (Lipinski definition) is 0. The fourth-order valence-corrected chi connectivity index (χ4v) is 4.81. The molecule has 3 rings (SSSR count). The maximum Gasteiger partial charge on any atom is 0.246 e. The highest BCUT2D eigenvalue weighted by atomic mass is 32.2. The first kappa shape index (κ1) is 22.1. The first-order valence-electron chi connectivity index (χ1n) is 9.29. The number of ether oxygens (including phenoxy) is 1. The van der Waals surface area contributed by atoms with Gasteiger partial charge in [0.15, 0.2) is 17.5 Å². The van der Waals surface area contributed by atoms with Crippen molar-refractivity contribution in [3.8, 4) is 5.75 Å². The number of nitrogens with zero attached hydrogens (tertiary/aromatic N) is 2. The molecule has 0 radical (unpaired) electrons. The number of benzene rings is 2. The number of piperazine rings is 1. The topological polar surface area (TPSA) is 66.9 Å². The molecule has 0 N–H and O–H groups in total. The number of methoxy groups -OCH3 is 1. The highest BCUT2D eigenvalue weighted by Crippen LogP contribution is 2.24. The average molecular weight is 442 g/mol. The summed E-state index contributed by atoms with van der Waals surface area (Å²) in [5.41, 5.74) is 0.892. The van der Waals surface area contributed by atoms with Crippen LogP contribution in [0.1, 0.15) is 12.0 Å². The van der Waals surface area contributed by atoms with Crippen molar-refractivity contribution in [1.82, 2.24) is 9.21 Å². The van der Waals surface area contributed by atoms with E-state index in [0.29, 0.717) is 24.3 Å². The normalized spacial score (nSPS) is 15.3. The molecule has 0 atom stereocenters. The quantitative estimate of drug-likeness (QED) is 0.645. The van der Waals surface area contributed by atoms with Crippen LogP contribution in [-0.2, 0) is 21.2 Å². The summed E-state index contributed by atoms with van der Waals surface area (Å²) >= 11 is 0. The van der Waals surface area contributed by atoms with Crippen molar-refractivity contribution in [2.75, 3.05) is 33.3 Å². The molecule has 1 fully saturated rings. The zero-order chi connectivity index (χ0) is 21.9. The van der Waals surface area contributed by atoms with Gasteiger partial charge in [-0.1, -0.05) is 18.2 Å². The summed E-state index contributed by atoms with van der Waals surface area (Å²) in [5.74, 6) is -4.49. The molecule has 1 aliphatic rings. The summed E-state index contributed by atoms with van der Waals surface area (Å²) in [7, 11) is -2.80. The first-order valence-corrected chi connectivity index (χ1v) is 10.7. The van der Waals surface area contributed by atoms with Gasteiger partial charge in [0.25, 0.3) is 0 Å². The Morgan fingerprint density at radius 2 is 1.67 bits per heavy atom. The Morgan fingerprint density at radius 1 is 1.00 bits per heavy atom. The monoisotopic (exact) mass is 442 g/mol. The van der Waals surface area contributed by atoms with Crippen LogP contribution >= 0.6 is 0 Å². The van der Waals surface area contributed by atoms with Crippen molar-refractivity contribution < 1.29 is 31.1 Å². The van der Waals surface area contributed by atoms with Crippen LogP contribution in [-0.4, -0.2) is 56.8 Å². The number of hydrogen-bond acceptors (Lipinski definition) is 4. The van der Waals surface area contributed by atoms with E-state index in [2.05, 4.69) is 0 Å². The lowest BCUT2D eigenvalue weighted by Crippen LogP contribution is -2.50. The third-order valence-corrected chi connectivity index (χ3v) is 6.93. The van der Waals surface area contributed by atoms with Crippen LogP contribution in [0.4, 0.5) is 13.2 Å². The summed E-state index contributed by atoms with van der Waals surface area (Å²) < 4.78 is 71.9. The molecule has 2 aromatic carbocycles. The molecule has 1 heterocycles. The van der Waals surface area contributed by atoms with Crippen LogP contribution < -0.4 is 4.74 Å². The number of aryl methyl sites for hydroxylation is 1. The molecule has 10 heteroatoms. The van der Waals surface area contributed by atoms with E-state index < -0.39 is 32.4 Å². The summed E-state index contributed by atoms with van der Waals surface area (Å²) in [6, 6.07) is 8.63. The third-order valence-electron chi connectivity index (χ3n) is 5.01. The lowest BCUT2D eigenvalue weighted by molar-refractivity contribution is -0.132. The van der Waals surface area contributed by atoms with Crippen LogP contribution in [0, 0.1) is 17.5 Å². The SMILES string of the molecule is COc1ccccc1CCC(=O)N1CCN(S(=O)(=O)c2ccc(F)c(F)c2F)CC1. The molecule has 1 saturated heterocycles. The summed E-state index contributed by atoms with van der Waals surface area (Å²) in [6.07, 6.45) is 0.701. The smallest absolute Gasteiger partial charge is 0.246 e. The van der Waals surface area contributed by atoms with Crippen molar-refractivity contribution in [3.05, 3.63) is 59.4 Å². The van der Waals surface area contributed by atoms with Gasteiger partial charge in [-0.2, -0.15) is 4.31 Å². The zero-order valence-corrected chi connectivity index (χ0v) is 17.1. The van der Waals surface area contributed by atoms with Crippen molar-refractivity contribution in [3.63, 3.8) is 0 Å². The molecule has 0 spiro atoms. The van der Waals surface area contributed by atoms with Crippen LogP contribution in [0.15, 0.2) is 41.3 Å². The van der Waals surface area contributed by atoms with Crippen LogP contribution in [0.5, 0.6) is 5.75 Å². The Kier molecular flexibility index (Phi) is 6.67. The van der Waals surface area contributed by atoms with E-state index in [-0.39, 0.29) is 38.5 Å². The van der Waals surface area contributed by atoms with Crippen molar-refractivity contribution in [2.24, 2.45) is 0 Å². The molecule has 0 aromatic heterocycles. The van der Waals surface area contributed by atoms with Crippen molar-refractivity contribution in [1.29, 1.82) is 0 Å². The molecular weight excluding hydrogens is 421 g/mol. The summed E-state index contributed by atoms with van der Waals surface area (Å²) in [5, 5.41) is 0. The molecule has 0 aliphatic carbocycles. The number of sulfonamides is 1. The van der Waals surface area contributed by atoms with Crippen LogP contribution in [0.2, 0.25) is 0 Å². The van der Waals surface area contributed by atoms with Gasteiger partial charge in [0.2, 0.25) is 15.9 Å². The second-order valence-electron chi connectivity index (χ2n) is 6.77. The maximum absolute atomic E-state index is 13.9. The Hall–Kier alpha value is -2.59. The molecule has 6 nitrogen and oxygen atoms in total. The Labute approximate surface area is 172 Å². The Balaban J connectivity index is 1.61. The predicted molar refractivity (Wildman–Crippen MR) is 103 cm³/mol. The summed E-state index contributed by atoms with van der Waals surface area (Å²) in [4.78, 5) is 13.1. The molecule has 1 aliphatic heterocycles. The van der Waals surface area contributed by atoms with Gasteiger partial charge in [-0.25, -0.2) is 21.6 Å². The van der Waals surface area contributed by atoms with Gasteiger partial charge in [-0.05, 0) is 30.2 Å². The van der Waals surface area contributed by atoms with Crippen LogP contribution in [0.25, 0.3) is 0 Å². The van der Waals surface area contributed by atoms with E-state index in [1.807, 2.05) is 18.2 Å². The largest absolute Gasteiger partial charge is 0.496 e. The average Bonchev–Trinajstić information content (AvgIpc) is 2.76. The molecule has 2 aromatic rings. The second kappa shape index (κ2) is 9.05. The fraction of sp³-hybridized carbons (Fsp3) is 0.350. The van der Waals surface area contributed by atoms with E-state index in [1.54, 1.807) is 13.2 Å². The zero-order valence-electron chi connectivity index (χ0n) is 16.3. The molecule has 30 heavy (non-hydrogen) atoms. The Bertz CT molecular complexity index is 1040. The van der Waals surface area contributed by atoms with Gasteiger partial charge < -0.3 is 9.64 Å². The molecule has 0 unspecified atom stereocenters. The van der Waals surface area contributed by atoms with E-state index in [4.69, 9.17) is 4.74 Å². The molecular formula is C20H21F3N2O4S. The molecule has 0 bridgehead atoms. The molecule has 162 valence electrons. The van der Waals surface area contributed by atoms with Crippen LogP contribution in [0.3, 0.4) is 0 Å². The molecule has 0 saturated carbocycles. The second-order valence-corrected chi connectivity index (χ2v) is 8.68. The first-order chi connectivity index (χ1) is 14.3. The minimum absolute atomic E-state index is 0.0683. The number of carbonyl (C=O) groups excluding carboxylic acids is 1. The number of rotatable bonds is 6. The van der Waals surface area contributed by atoms with E-state index in [1.165, 1.54) is 4.90 Å². The number of carbonyl (C=O) groups is 1. The fourth-order valence-electron chi connectivity index (χ4n) is 3.33. The van der Waals surface area contributed by atoms with Gasteiger partial charge >= 0.3 is 0 Å². The van der Waals surface area contributed by atoms with Gasteiger partial charge in [-0.15, -0.1) is 0 Å². The third kappa shape index (κ3) is 4.44. The molecule has 1 amide bonds. The van der Waals surface area contributed by atoms with E-state index in [9.17, 15) is 26.4 Å². The van der Waals surface area contributed by atoms with Gasteiger partial charge in [0.1, 0.15) is 10.6 Å². The highest BCUT2D eigenvalue weighted by Gasteiger charge is 2.33. The highest BCUT2D eigenvalue weighted by molar-refractivity contribution is 7.89. The van der Waals surface area contributed by atoms with Crippen molar-refractivity contribution >= 4 is 15.9 Å². The predicted octanol–water partition coefficient (Wildman–Crippen LogP) is 2.58. The standard InChI is InChI=1S/C20H21F3N2O4S/c1-29-16-5-3-2-4-14(16)6-9-18(26)24-10-12-25(13-11-24)30(27,28)17-8-7-15(21)19(22)20(17)23/h2-5,7-8H,6,9-13H2,1H3. The minimum Gasteiger partial charge on any atom is -0.496 e. The maximum atomic E-state index is 13.9. The van der Waals surface area contributed by atoms with E-state index >= 15 is 0 Å². The van der Waals surface area contributed by atoms with Gasteiger partial charge in [0.05, 0.1) is 7.11 Å². The lowest BCUT2D eigenvalue weighted by Gasteiger charge is -2.34. The minimum atomic E-state index is -4.35. The number of halogens is 3. The number of para-hydroxylation sites is 1. The lowest BCUT2D eigenvalue weighted by atomic mass is 10.1. The van der Waals surface area contributed by atoms with Gasteiger partial charge in [-0.3, -0.25) is 4.79 Å². The van der Waals surface area contributed by atoms with E-state index in [0.717, 1.165) is 9.87 Å². The van der Waals surface area contributed by atoms with Crippen molar-refractivity contribution in [2.45, 2.75) is 17.7 Å².